The highest BCUT2D eigenvalue weighted by Crippen LogP contribution is 2.32. The lowest BCUT2D eigenvalue weighted by Gasteiger charge is -2.09. The molecule has 4 nitrogen and oxygen atoms in total. The highest BCUT2D eigenvalue weighted by atomic mass is 79.9. The van der Waals surface area contributed by atoms with Crippen molar-refractivity contribution >= 4 is 21.6 Å². The van der Waals surface area contributed by atoms with E-state index >= 15 is 0 Å². The third kappa shape index (κ3) is 3.19. The van der Waals surface area contributed by atoms with Crippen LogP contribution in [0.25, 0.3) is 0 Å². The van der Waals surface area contributed by atoms with Gasteiger partial charge in [0.05, 0.1) is 18.4 Å². The molecule has 1 saturated carbocycles. The van der Waals surface area contributed by atoms with Crippen molar-refractivity contribution in [1.29, 1.82) is 0 Å². The molecule has 92 valence electrons. The Morgan fingerprint density at radius 1 is 1.65 bits per heavy atom. The van der Waals surface area contributed by atoms with Gasteiger partial charge in [0.25, 0.3) is 5.56 Å². The van der Waals surface area contributed by atoms with Gasteiger partial charge >= 0.3 is 0 Å². The fourth-order valence-electron chi connectivity index (χ4n) is 1.66. The summed E-state index contributed by atoms with van der Waals surface area (Å²) in [6.45, 7) is 4.92. The molecule has 0 amide bonds. The Bertz CT molecular complexity index is 465. The number of nitrogens with zero attached hydrogens (tertiary/aromatic N) is 2. The van der Waals surface area contributed by atoms with Crippen LogP contribution in [-0.4, -0.2) is 16.3 Å². The standard InChI is InChI=1S/C12H16BrN3O/c1-2-7-16-12(17)11(13)10(8-15-16)14-6-5-9-3-4-9/h2,8-9,14H,1,3-7H2. The van der Waals surface area contributed by atoms with E-state index in [9.17, 15) is 4.79 Å². The van der Waals surface area contributed by atoms with Crippen molar-refractivity contribution in [3.63, 3.8) is 0 Å². The highest BCUT2D eigenvalue weighted by molar-refractivity contribution is 9.10. The monoisotopic (exact) mass is 297 g/mol. The fourth-order valence-corrected chi connectivity index (χ4v) is 2.11. The minimum Gasteiger partial charge on any atom is -0.383 e. The van der Waals surface area contributed by atoms with Crippen LogP contribution in [0.2, 0.25) is 0 Å². The summed E-state index contributed by atoms with van der Waals surface area (Å²) in [5.41, 5.74) is 0.650. The second-order valence-corrected chi connectivity index (χ2v) is 5.10. The van der Waals surface area contributed by atoms with Crippen LogP contribution in [0, 0.1) is 5.92 Å². The number of rotatable bonds is 6. The number of anilines is 1. The predicted molar refractivity (Wildman–Crippen MR) is 72.2 cm³/mol. The van der Waals surface area contributed by atoms with Gasteiger partial charge in [-0.2, -0.15) is 5.10 Å². The van der Waals surface area contributed by atoms with Gasteiger partial charge < -0.3 is 5.32 Å². The van der Waals surface area contributed by atoms with Crippen LogP contribution in [0.5, 0.6) is 0 Å². The molecule has 1 heterocycles. The van der Waals surface area contributed by atoms with Gasteiger partial charge in [0.15, 0.2) is 0 Å². The lowest BCUT2D eigenvalue weighted by molar-refractivity contribution is 0.648. The first-order chi connectivity index (χ1) is 8.22. The van der Waals surface area contributed by atoms with Crippen molar-refractivity contribution in [3.05, 3.63) is 33.7 Å². The largest absolute Gasteiger partial charge is 0.383 e. The average Bonchev–Trinajstić information content (AvgIpc) is 3.12. The lowest BCUT2D eigenvalue weighted by Crippen LogP contribution is -2.24. The summed E-state index contributed by atoms with van der Waals surface area (Å²) >= 11 is 3.31. The first kappa shape index (κ1) is 12.4. The summed E-state index contributed by atoms with van der Waals surface area (Å²) in [7, 11) is 0. The third-order valence-corrected chi connectivity index (χ3v) is 3.62. The van der Waals surface area contributed by atoms with Crippen molar-refractivity contribution in [2.45, 2.75) is 25.8 Å². The normalized spacial score (nSPS) is 14.6. The van der Waals surface area contributed by atoms with E-state index in [1.807, 2.05) is 0 Å². The molecule has 0 unspecified atom stereocenters. The maximum atomic E-state index is 11.9. The SMILES string of the molecule is C=CCn1ncc(NCCC2CC2)c(Br)c1=O. The summed E-state index contributed by atoms with van der Waals surface area (Å²) in [6, 6.07) is 0. The summed E-state index contributed by atoms with van der Waals surface area (Å²) in [4.78, 5) is 11.9. The molecule has 1 aliphatic rings. The van der Waals surface area contributed by atoms with E-state index in [1.165, 1.54) is 23.9 Å². The van der Waals surface area contributed by atoms with E-state index in [4.69, 9.17) is 0 Å². The average molecular weight is 298 g/mol. The molecule has 17 heavy (non-hydrogen) atoms. The number of halogens is 1. The topological polar surface area (TPSA) is 46.9 Å². The first-order valence-electron chi connectivity index (χ1n) is 5.82. The van der Waals surface area contributed by atoms with Crippen molar-refractivity contribution in [2.24, 2.45) is 5.92 Å². The molecule has 1 fully saturated rings. The molecule has 0 radical (unpaired) electrons. The molecule has 0 atom stereocenters. The molecule has 1 aromatic heterocycles. The molecular weight excluding hydrogens is 282 g/mol. The number of nitrogens with one attached hydrogen (secondary N) is 1. The predicted octanol–water partition coefficient (Wildman–Crippen LogP) is 2.40. The van der Waals surface area contributed by atoms with Crippen molar-refractivity contribution in [3.8, 4) is 0 Å². The second kappa shape index (κ2) is 5.49. The van der Waals surface area contributed by atoms with Gasteiger partial charge in [-0.1, -0.05) is 18.9 Å². The van der Waals surface area contributed by atoms with Crippen LogP contribution in [0.1, 0.15) is 19.3 Å². The van der Waals surface area contributed by atoms with Crippen LogP contribution in [-0.2, 0) is 6.54 Å². The summed E-state index contributed by atoms with van der Waals surface area (Å²) < 4.78 is 1.92. The number of hydrogen-bond donors (Lipinski definition) is 1. The Balaban J connectivity index is 2.03. The van der Waals surface area contributed by atoms with Gasteiger partial charge in [-0.3, -0.25) is 4.79 Å². The Kier molecular flexibility index (Phi) is 3.99. The molecular formula is C12H16BrN3O. The molecule has 1 aromatic rings. The lowest BCUT2D eigenvalue weighted by atomic mass is 10.3. The Labute approximate surface area is 109 Å². The molecule has 5 heteroatoms. The Morgan fingerprint density at radius 2 is 2.41 bits per heavy atom. The molecule has 1 N–H and O–H groups in total. The van der Waals surface area contributed by atoms with Crippen LogP contribution in [0.4, 0.5) is 5.69 Å². The second-order valence-electron chi connectivity index (χ2n) is 4.31. The zero-order valence-electron chi connectivity index (χ0n) is 9.66. The van der Waals surface area contributed by atoms with Gasteiger partial charge in [-0.25, -0.2) is 4.68 Å². The fraction of sp³-hybridized carbons (Fsp3) is 0.500. The summed E-state index contributed by atoms with van der Waals surface area (Å²) in [5, 5.41) is 7.33. The molecule has 0 aromatic carbocycles. The minimum atomic E-state index is -0.124. The highest BCUT2D eigenvalue weighted by Gasteiger charge is 2.20. The maximum absolute atomic E-state index is 11.9. The summed E-state index contributed by atoms with van der Waals surface area (Å²) in [5.74, 6) is 0.885. The van der Waals surface area contributed by atoms with Crippen LogP contribution < -0.4 is 10.9 Å². The minimum absolute atomic E-state index is 0.124. The molecule has 2 rings (SSSR count). The first-order valence-corrected chi connectivity index (χ1v) is 6.62. The Morgan fingerprint density at radius 3 is 3.06 bits per heavy atom. The van der Waals surface area contributed by atoms with Crippen molar-refractivity contribution in [1.82, 2.24) is 9.78 Å². The number of hydrogen-bond acceptors (Lipinski definition) is 3. The van der Waals surface area contributed by atoms with Crippen LogP contribution in [0.15, 0.2) is 28.1 Å². The van der Waals surface area contributed by atoms with E-state index in [0.29, 0.717) is 11.0 Å². The zero-order valence-corrected chi connectivity index (χ0v) is 11.2. The van der Waals surface area contributed by atoms with E-state index in [0.717, 1.165) is 18.2 Å². The van der Waals surface area contributed by atoms with Crippen molar-refractivity contribution in [2.75, 3.05) is 11.9 Å². The molecule has 0 saturated heterocycles. The number of aromatic nitrogens is 2. The zero-order chi connectivity index (χ0) is 12.3. The molecule has 0 bridgehead atoms. The molecule has 1 aliphatic carbocycles. The van der Waals surface area contributed by atoms with E-state index in [1.54, 1.807) is 12.3 Å². The smallest absolute Gasteiger partial charge is 0.283 e. The van der Waals surface area contributed by atoms with Gasteiger partial charge in [0.2, 0.25) is 0 Å². The third-order valence-electron chi connectivity index (χ3n) is 2.85. The van der Waals surface area contributed by atoms with Gasteiger partial charge in [-0.05, 0) is 28.3 Å². The van der Waals surface area contributed by atoms with Crippen LogP contribution >= 0.6 is 15.9 Å². The van der Waals surface area contributed by atoms with Crippen molar-refractivity contribution < 1.29 is 0 Å². The van der Waals surface area contributed by atoms with E-state index in [2.05, 4.69) is 32.9 Å². The van der Waals surface area contributed by atoms with E-state index in [-0.39, 0.29) is 5.56 Å². The Hall–Kier alpha value is -1.10. The van der Waals surface area contributed by atoms with Gasteiger partial charge in [0, 0.05) is 6.54 Å². The maximum Gasteiger partial charge on any atom is 0.283 e. The van der Waals surface area contributed by atoms with Gasteiger partial charge in [-0.15, -0.1) is 6.58 Å². The molecule has 0 spiro atoms. The van der Waals surface area contributed by atoms with Gasteiger partial charge in [0.1, 0.15) is 4.47 Å². The van der Waals surface area contributed by atoms with Crippen LogP contribution in [0.3, 0.4) is 0 Å². The van der Waals surface area contributed by atoms with E-state index < -0.39 is 0 Å². The quantitative estimate of drug-likeness (QED) is 0.820. The molecule has 0 aliphatic heterocycles. The number of allylic oxidation sites excluding steroid dienone is 1. The summed E-state index contributed by atoms with van der Waals surface area (Å²) in [6.07, 6.45) is 7.20.